The topological polar surface area (TPSA) is 90.2 Å². The van der Waals surface area contributed by atoms with E-state index in [-0.39, 0.29) is 18.2 Å². The molecular formula is C12H10F2N4O3. The van der Waals surface area contributed by atoms with Crippen LogP contribution in [0.25, 0.3) is 0 Å². The summed E-state index contributed by atoms with van der Waals surface area (Å²) in [7, 11) is 1.24. The Kier molecular flexibility index (Phi) is 4.21. The molecule has 0 fully saturated rings. The van der Waals surface area contributed by atoms with Crippen molar-refractivity contribution in [1.29, 1.82) is 0 Å². The number of benzene rings is 1. The summed E-state index contributed by atoms with van der Waals surface area (Å²) in [5, 5.41) is 13.7. The molecule has 0 spiro atoms. The number of nitro groups is 1. The third-order valence-electron chi connectivity index (χ3n) is 2.61. The normalized spacial score (nSPS) is 10.2. The maximum Gasteiger partial charge on any atom is 0.372 e. The zero-order valence-corrected chi connectivity index (χ0v) is 10.8. The molecule has 110 valence electrons. The van der Waals surface area contributed by atoms with Gasteiger partial charge in [0, 0.05) is 6.54 Å². The summed E-state index contributed by atoms with van der Waals surface area (Å²) in [6.07, 6.45) is 1.10. The van der Waals surface area contributed by atoms with Crippen LogP contribution in [0.1, 0.15) is 5.56 Å². The van der Waals surface area contributed by atoms with Crippen LogP contribution in [0.2, 0.25) is 0 Å². The second-order valence-corrected chi connectivity index (χ2v) is 3.94. The van der Waals surface area contributed by atoms with Gasteiger partial charge in [0.2, 0.25) is 5.82 Å². The Hall–Kier alpha value is -2.84. The predicted molar refractivity (Wildman–Crippen MR) is 68.9 cm³/mol. The minimum absolute atomic E-state index is 0.0260. The first-order chi connectivity index (χ1) is 10.0. The van der Waals surface area contributed by atoms with Gasteiger partial charge in [0.05, 0.1) is 12.0 Å². The molecule has 0 aliphatic rings. The van der Waals surface area contributed by atoms with E-state index in [0.717, 1.165) is 18.5 Å². The van der Waals surface area contributed by atoms with Crippen LogP contribution in [0, 0.1) is 21.7 Å². The van der Waals surface area contributed by atoms with E-state index < -0.39 is 22.2 Å². The smallest absolute Gasteiger partial charge is 0.372 e. The van der Waals surface area contributed by atoms with Crippen molar-refractivity contribution in [3.05, 3.63) is 51.8 Å². The number of hydrogen-bond acceptors (Lipinski definition) is 6. The van der Waals surface area contributed by atoms with Crippen molar-refractivity contribution >= 4 is 11.5 Å². The average molecular weight is 296 g/mol. The van der Waals surface area contributed by atoms with E-state index in [4.69, 9.17) is 4.74 Å². The van der Waals surface area contributed by atoms with Crippen molar-refractivity contribution in [3.63, 3.8) is 0 Å². The molecule has 2 rings (SSSR count). The van der Waals surface area contributed by atoms with Gasteiger partial charge in [0.1, 0.15) is 6.33 Å². The maximum atomic E-state index is 13.1. The van der Waals surface area contributed by atoms with Gasteiger partial charge in [-0.05, 0) is 17.7 Å². The molecule has 0 bridgehead atoms. The van der Waals surface area contributed by atoms with E-state index in [1.165, 1.54) is 13.2 Å². The van der Waals surface area contributed by atoms with Gasteiger partial charge in [0.25, 0.3) is 5.88 Å². The summed E-state index contributed by atoms with van der Waals surface area (Å²) in [5.41, 5.74) is -0.0247. The SMILES string of the molecule is COc1ncnc(NCc2ccc(F)c(F)c2)c1[N+](=O)[O-]. The largest absolute Gasteiger partial charge is 0.476 e. The zero-order valence-electron chi connectivity index (χ0n) is 10.8. The molecule has 1 N–H and O–H groups in total. The van der Waals surface area contributed by atoms with Gasteiger partial charge >= 0.3 is 5.69 Å². The Morgan fingerprint density at radius 1 is 1.33 bits per heavy atom. The third-order valence-corrected chi connectivity index (χ3v) is 2.61. The predicted octanol–water partition coefficient (Wildman–Crippen LogP) is 2.28. The molecule has 0 atom stereocenters. The van der Waals surface area contributed by atoms with Gasteiger partial charge in [-0.25, -0.2) is 13.8 Å². The Morgan fingerprint density at radius 2 is 2.10 bits per heavy atom. The molecule has 1 heterocycles. The van der Waals surface area contributed by atoms with Gasteiger partial charge in [-0.2, -0.15) is 4.98 Å². The van der Waals surface area contributed by atoms with Gasteiger partial charge in [-0.1, -0.05) is 6.07 Å². The first-order valence-electron chi connectivity index (χ1n) is 5.74. The molecule has 21 heavy (non-hydrogen) atoms. The Morgan fingerprint density at radius 3 is 2.71 bits per heavy atom. The third kappa shape index (κ3) is 3.19. The number of hydrogen-bond donors (Lipinski definition) is 1. The summed E-state index contributed by atoms with van der Waals surface area (Å²) < 4.78 is 30.7. The van der Waals surface area contributed by atoms with E-state index in [1.54, 1.807) is 0 Å². The highest BCUT2D eigenvalue weighted by Gasteiger charge is 2.23. The number of halogens is 2. The van der Waals surface area contributed by atoms with Crippen LogP contribution in [0.15, 0.2) is 24.5 Å². The number of rotatable bonds is 5. The lowest BCUT2D eigenvalue weighted by molar-refractivity contribution is -0.385. The zero-order chi connectivity index (χ0) is 15.4. The number of aromatic nitrogens is 2. The lowest BCUT2D eigenvalue weighted by atomic mass is 10.2. The minimum Gasteiger partial charge on any atom is -0.476 e. The number of nitrogens with one attached hydrogen (secondary N) is 1. The molecule has 0 amide bonds. The molecule has 1 aromatic carbocycles. The Bertz CT molecular complexity index is 682. The summed E-state index contributed by atoms with van der Waals surface area (Å²) in [6, 6.07) is 3.32. The number of methoxy groups -OCH3 is 1. The first-order valence-corrected chi connectivity index (χ1v) is 5.74. The molecule has 1 aromatic heterocycles. The van der Waals surface area contributed by atoms with Crippen LogP contribution in [-0.2, 0) is 6.54 Å². The van der Waals surface area contributed by atoms with Crippen molar-refractivity contribution in [2.24, 2.45) is 0 Å². The monoisotopic (exact) mass is 296 g/mol. The second-order valence-electron chi connectivity index (χ2n) is 3.94. The van der Waals surface area contributed by atoms with Gasteiger partial charge in [-0.15, -0.1) is 0 Å². The van der Waals surface area contributed by atoms with Crippen LogP contribution < -0.4 is 10.1 Å². The van der Waals surface area contributed by atoms with Crippen molar-refractivity contribution in [2.45, 2.75) is 6.54 Å². The fraction of sp³-hybridized carbons (Fsp3) is 0.167. The molecule has 0 saturated carbocycles. The van der Waals surface area contributed by atoms with E-state index in [1.807, 2.05) is 0 Å². The summed E-state index contributed by atoms with van der Waals surface area (Å²) in [4.78, 5) is 17.7. The van der Waals surface area contributed by atoms with Crippen molar-refractivity contribution < 1.29 is 18.4 Å². The second kappa shape index (κ2) is 6.07. The molecule has 7 nitrogen and oxygen atoms in total. The van der Waals surface area contributed by atoms with Crippen molar-refractivity contribution in [2.75, 3.05) is 12.4 Å². The fourth-order valence-electron chi connectivity index (χ4n) is 1.64. The van der Waals surface area contributed by atoms with Crippen LogP contribution in [0.4, 0.5) is 20.3 Å². The first kappa shape index (κ1) is 14.6. The van der Waals surface area contributed by atoms with E-state index in [2.05, 4.69) is 15.3 Å². The highest BCUT2D eigenvalue weighted by molar-refractivity contribution is 5.61. The summed E-state index contributed by atoms with van der Waals surface area (Å²) in [5.74, 6) is -2.23. The average Bonchev–Trinajstić information content (AvgIpc) is 2.47. The maximum absolute atomic E-state index is 13.1. The molecule has 0 saturated heterocycles. The Labute approximate surface area is 117 Å². The highest BCUT2D eigenvalue weighted by atomic mass is 19.2. The van der Waals surface area contributed by atoms with Crippen LogP contribution in [0.5, 0.6) is 5.88 Å². The minimum atomic E-state index is -0.996. The van der Waals surface area contributed by atoms with Crippen molar-refractivity contribution in [3.8, 4) is 5.88 Å². The van der Waals surface area contributed by atoms with Crippen LogP contribution >= 0.6 is 0 Å². The van der Waals surface area contributed by atoms with Gasteiger partial charge in [-0.3, -0.25) is 10.1 Å². The van der Waals surface area contributed by atoms with E-state index >= 15 is 0 Å². The molecule has 0 radical (unpaired) electrons. The fourth-order valence-corrected chi connectivity index (χ4v) is 1.64. The van der Waals surface area contributed by atoms with Crippen LogP contribution in [0.3, 0.4) is 0 Å². The molecule has 2 aromatic rings. The standard InChI is InChI=1S/C12H10F2N4O3/c1-21-12-10(18(19)20)11(16-6-17-12)15-5-7-2-3-8(13)9(14)4-7/h2-4,6H,5H2,1H3,(H,15,16,17). The van der Waals surface area contributed by atoms with Gasteiger partial charge < -0.3 is 10.1 Å². The lowest BCUT2D eigenvalue weighted by Crippen LogP contribution is -2.07. The van der Waals surface area contributed by atoms with Crippen molar-refractivity contribution in [1.82, 2.24) is 9.97 Å². The quantitative estimate of drug-likeness (QED) is 0.672. The lowest BCUT2D eigenvalue weighted by Gasteiger charge is -2.08. The molecule has 9 heteroatoms. The molecule has 0 aliphatic carbocycles. The molecule has 0 unspecified atom stereocenters. The van der Waals surface area contributed by atoms with E-state index in [0.29, 0.717) is 5.56 Å². The molecule has 0 aliphatic heterocycles. The summed E-state index contributed by atoms with van der Waals surface area (Å²) in [6.45, 7) is 0.0260. The Balaban J connectivity index is 2.23. The molecular weight excluding hydrogens is 286 g/mol. The number of ether oxygens (including phenoxy) is 1. The highest BCUT2D eigenvalue weighted by Crippen LogP contribution is 2.30. The van der Waals surface area contributed by atoms with Gasteiger partial charge in [0.15, 0.2) is 11.6 Å². The van der Waals surface area contributed by atoms with E-state index in [9.17, 15) is 18.9 Å². The van der Waals surface area contributed by atoms with Crippen LogP contribution in [-0.4, -0.2) is 22.0 Å². The summed E-state index contributed by atoms with van der Waals surface area (Å²) >= 11 is 0. The number of anilines is 1. The number of nitrogens with zero attached hydrogens (tertiary/aromatic N) is 3.